The molecular formula is C22H30N2O6S. The van der Waals surface area contributed by atoms with E-state index in [1.807, 2.05) is 32.0 Å². The van der Waals surface area contributed by atoms with E-state index in [4.69, 9.17) is 14.2 Å². The highest BCUT2D eigenvalue weighted by Crippen LogP contribution is 2.33. The molecule has 0 aliphatic heterocycles. The van der Waals surface area contributed by atoms with E-state index in [0.29, 0.717) is 12.2 Å². The minimum atomic E-state index is -3.75. The van der Waals surface area contributed by atoms with Crippen molar-refractivity contribution in [2.45, 2.75) is 26.3 Å². The van der Waals surface area contributed by atoms with Gasteiger partial charge < -0.3 is 19.5 Å². The highest BCUT2D eigenvalue weighted by molar-refractivity contribution is 7.92. The lowest BCUT2D eigenvalue weighted by atomic mass is 10.0. The molecule has 31 heavy (non-hydrogen) atoms. The van der Waals surface area contributed by atoms with Crippen molar-refractivity contribution in [3.05, 3.63) is 47.5 Å². The number of aryl methyl sites for hydroxylation is 1. The number of rotatable bonds is 10. The number of benzene rings is 2. The number of carbonyl (C=O) groups excluding carboxylic acids is 1. The van der Waals surface area contributed by atoms with Crippen LogP contribution < -0.4 is 23.8 Å². The summed E-state index contributed by atoms with van der Waals surface area (Å²) in [6.45, 7) is 3.50. The maximum Gasteiger partial charge on any atom is 0.241 e. The van der Waals surface area contributed by atoms with Crippen LogP contribution in [-0.4, -0.2) is 48.5 Å². The molecule has 170 valence electrons. The number of nitrogens with one attached hydrogen (secondary N) is 1. The summed E-state index contributed by atoms with van der Waals surface area (Å²) in [5, 5.41) is 2.93. The van der Waals surface area contributed by atoms with Gasteiger partial charge >= 0.3 is 0 Å². The van der Waals surface area contributed by atoms with Crippen molar-refractivity contribution in [2.24, 2.45) is 0 Å². The molecule has 0 radical (unpaired) electrons. The molecule has 1 atom stereocenters. The van der Waals surface area contributed by atoms with Gasteiger partial charge in [0.1, 0.15) is 23.8 Å². The summed E-state index contributed by atoms with van der Waals surface area (Å²) in [6.07, 6.45) is 1.69. The van der Waals surface area contributed by atoms with Gasteiger partial charge in [0.15, 0.2) is 0 Å². The Labute approximate surface area is 184 Å². The first-order valence-electron chi connectivity index (χ1n) is 9.78. The molecule has 9 heteroatoms. The molecule has 2 aromatic carbocycles. The van der Waals surface area contributed by atoms with Gasteiger partial charge in [-0.25, -0.2) is 8.42 Å². The molecule has 1 N–H and O–H groups in total. The van der Waals surface area contributed by atoms with E-state index < -0.39 is 15.9 Å². The third-order valence-corrected chi connectivity index (χ3v) is 6.03. The van der Waals surface area contributed by atoms with E-state index in [-0.39, 0.29) is 24.0 Å². The molecule has 0 aliphatic rings. The summed E-state index contributed by atoms with van der Waals surface area (Å²) in [5.41, 5.74) is 2.13. The Morgan fingerprint density at radius 3 is 2.23 bits per heavy atom. The fourth-order valence-electron chi connectivity index (χ4n) is 3.28. The number of methoxy groups -OCH3 is 3. The summed E-state index contributed by atoms with van der Waals surface area (Å²) < 4.78 is 41.7. The maximum absolute atomic E-state index is 12.8. The van der Waals surface area contributed by atoms with Crippen molar-refractivity contribution in [2.75, 3.05) is 38.4 Å². The Hall–Kier alpha value is -2.94. The van der Waals surface area contributed by atoms with Crippen molar-refractivity contribution in [1.29, 1.82) is 0 Å². The van der Waals surface area contributed by atoms with Gasteiger partial charge in [0.05, 0.1) is 39.3 Å². The second kappa shape index (κ2) is 10.4. The highest BCUT2D eigenvalue weighted by atomic mass is 32.2. The molecule has 0 saturated heterocycles. The third-order valence-electron chi connectivity index (χ3n) is 4.91. The molecule has 0 fully saturated rings. The highest BCUT2D eigenvalue weighted by Gasteiger charge is 2.25. The normalized spacial score (nSPS) is 12.1. The van der Waals surface area contributed by atoms with Gasteiger partial charge in [0.25, 0.3) is 0 Å². The van der Waals surface area contributed by atoms with Gasteiger partial charge in [-0.3, -0.25) is 9.10 Å². The summed E-state index contributed by atoms with van der Waals surface area (Å²) in [4.78, 5) is 12.8. The molecule has 0 heterocycles. The van der Waals surface area contributed by atoms with Crippen LogP contribution >= 0.6 is 0 Å². The zero-order chi connectivity index (χ0) is 23.2. The number of sulfonamides is 1. The van der Waals surface area contributed by atoms with E-state index in [2.05, 4.69) is 5.32 Å². The number of hydrogen-bond acceptors (Lipinski definition) is 6. The van der Waals surface area contributed by atoms with E-state index in [0.717, 1.165) is 27.4 Å². The summed E-state index contributed by atoms with van der Waals surface area (Å²) in [5.74, 6) is 1.14. The number of ether oxygens (including phenoxy) is 3. The van der Waals surface area contributed by atoms with Gasteiger partial charge in [-0.2, -0.15) is 0 Å². The molecule has 0 aromatic heterocycles. The minimum Gasteiger partial charge on any atom is -0.497 e. The van der Waals surface area contributed by atoms with Gasteiger partial charge in [0.2, 0.25) is 15.9 Å². The SMILES string of the molecule is CC[C@@H](NC(=O)CN(c1ccc(OC)cc1OC)S(C)(=O)=O)c1ccc(OC)c(C)c1. The van der Waals surface area contributed by atoms with Gasteiger partial charge in [-0.1, -0.05) is 19.1 Å². The molecule has 0 saturated carbocycles. The number of anilines is 1. The second-order valence-corrected chi connectivity index (χ2v) is 8.97. The average Bonchev–Trinajstić information content (AvgIpc) is 2.74. The van der Waals surface area contributed by atoms with Crippen molar-refractivity contribution >= 4 is 21.6 Å². The van der Waals surface area contributed by atoms with Crippen LogP contribution in [-0.2, 0) is 14.8 Å². The molecule has 0 spiro atoms. The van der Waals surface area contributed by atoms with Crippen LogP contribution in [0.25, 0.3) is 0 Å². The zero-order valence-corrected chi connectivity index (χ0v) is 19.6. The molecule has 0 bridgehead atoms. The average molecular weight is 451 g/mol. The first-order valence-corrected chi connectivity index (χ1v) is 11.6. The predicted octanol–water partition coefficient (Wildman–Crippen LogP) is 3.05. The summed E-state index contributed by atoms with van der Waals surface area (Å²) in [6, 6.07) is 10.2. The topological polar surface area (TPSA) is 94.2 Å². The molecule has 2 rings (SSSR count). The Kier molecular flexibility index (Phi) is 8.15. The monoisotopic (exact) mass is 450 g/mol. The minimum absolute atomic E-state index is 0.259. The van der Waals surface area contributed by atoms with Crippen molar-refractivity contribution in [1.82, 2.24) is 5.32 Å². The predicted molar refractivity (Wildman–Crippen MR) is 121 cm³/mol. The largest absolute Gasteiger partial charge is 0.497 e. The van der Waals surface area contributed by atoms with Crippen molar-refractivity contribution in [3.63, 3.8) is 0 Å². The first-order chi connectivity index (χ1) is 14.6. The third kappa shape index (κ3) is 6.04. The van der Waals surface area contributed by atoms with Crippen LogP contribution in [0.4, 0.5) is 5.69 Å². The van der Waals surface area contributed by atoms with Crippen LogP contribution in [0.1, 0.15) is 30.5 Å². The lowest BCUT2D eigenvalue weighted by Gasteiger charge is -2.25. The fourth-order valence-corrected chi connectivity index (χ4v) is 4.14. The Morgan fingerprint density at radius 2 is 1.71 bits per heavy atom. The van der Waals surface area contributed by atoms with Gasteiger partial charge in [-0.15, -0.1) is 0 Å². The summed E-state index contributed by atoms with van der Waals surface area (Å²) in [7, 11) is 0.783. The molecule has 2 aromatic rings. The number of amides is 1. The lowest BCUT2D eigenvalue weighted by molar-refractivity contribution is -0.120. The van der Waals surface area contributed by atoms with Crippen LogP contribution in [0.2, 0.25) is 0 Å². The summed E-state index contributed by atoms with van der Waals surface area (Å²) >= 11 is 0. The van der Waals surface area contributed by atoms with Gasteiger partial charge in [-0.05, 0) is 42.7 Å². The Bertz CT molecular complexity index is 1020. The number of hydrogen-bond donors (Lipinski definition) is 1. The van der Waals surface area contributed by atoms with E-state index in [1.165, 1.54) is 14.2 Å². The molecule has 1 amide bonds. The van der Waals surface area contributed by atoms with E-state index in [1.54, 1.807) is 25.3 Å². The van der Waals surface area contributed by atoms with Crippen LogP contribution in [0.3, 0.4) is 0 Å². The van der Waals surface area contributed by atoms with E-state index >= 15 is 0 Å². The van der Waals surface area contributed by atoms with Crippen molar-refractivity contribution in [3.8, 4) is 17.2 Å². The van der Waals surface area contributed by atoms with Crippen molar-refractivity contribution < 1.29 is 27.4 Å². The fraction of sp³-hybridized carbons (Fsp3) is 0.409. The molecule has 0 unspecified atom stereocenters. The first kappa shape index (κ1) is 24.3. The van der Waals surface area contributed by atoms with Crippen LogP contribution in [0.15, 0.2) is 36.4 Å². The van der Waals surface area contributed by atoms with Crippen LogP contribution in [0, 0.1) is 6.92 Å². The quantitative estimate of drug-likeness (QED) is 0.598. The number of nitrogens with zero attached hydrogens (tertiary/aromatic N) is 1. The number of carbonyl (C=O) groups is 1. The second-order valence-electron chi connectivity index (χ2n) is 7.06. The lowest BCUT2D eigenvalue weighted by Crippen LogP contribution is -2.41. The zero-order valence-electron chi connectivity index (χ0n) is 18.8. The maximum atomic E-state index is 12.8. The van der Waals surface area contributed by atoms with Crippen LogP contribution in [0.5, 0.6) is 17.2 Å². The molecule has 0 aliphatic carbocycles. The smallest absolute Gasteiger partial charge is 0.241 e. The standard InChI is InChI=1S/C22H30N2O6S/c1-7-18(16-8-11-20(29-4)15(2)12-16)23-22(25)14-24(31(6,26)27)19-10-9-17(28-3)13-21(19)30-5/h8-13,18H,7,14H2,1-6H3,(H,23,25)/t18-/m1/s1. The van der Waals surface area contributed by atoms with E-state index in [9.17, 15) is 13.2 Å². The Morgan fingerprint density at radius 1 is 1.03 bits per heavy atom. The Balaban J connectivity index is 2.28. The molecule has 8 nitrogen and oxygen atoms in total. The molecular weight excluding hydrogens is 420 g/mol. The van der Waals surface area contributed by atoms with Gasteiger partial charge in [0, 0.05) is 6.07 Å².